The van der Waals surface area contributed by atoms with Crippen LogP contribution in [0.5, 0.6) is 0 Å². The highest BCUT2D eigenvalue weighted by molar-refractivity contribution is 7.15. The Morgan fingerprint density at radius 3 is 2.50 bits per heavy atom. The van der Waals surface area contributed by atoms with E-state index < -0.39 is 5.54 Å². The number of ether oxygens (including phenoxy) is 1. The number of amides is 1. The second kappa shape index (κ2) is 8.48. The number of aryl methyl sites for hydroxylation is 2. The smallest absolute Gasteiger partial charge is 0.240 e. The van der Waals surface area contributed by atoms with Crippen LogP contribution in [0.2, 0.25) is 0 Å². The number of carbonyl (C=O) groups is 1. The van der Waals surface area contributed by atoms with E-state index >= 15 is 0 Å². The lowest BCUT2D eigenvalue weighted by Crippen LogP contribution is -2.57. The summed E-state index contributed by atoms with van der Waals surface area (Å²) in [4.78, 5) is 18.4. The minimum Gasteiger partial charge on any atom is -0.381 e. The van der Waals surface area contributed by atoms with Gasteiger partial charge in [0.2, 0.25) is 5.91 Å². The molecule has 2 heterocycles. The molecule has 1 aromatic carbocycles. The van der Waals surface area contributed by atoms with Crippen LogP contribution >= 0.6 is 23.7 Å². The normalized spacial score (nSPS) is 17.2. The van der Waals surface area contributed by atoms with Crippen molar-refractivity contribution in [3.8, 4) is 10.6 Å². The van der Waals surface area contributed by atoms with E-state index in [2.05, 4.69) is 41.5 Å². The van der Waals surface area contributed by atoms with Crippen LogP contribution in [-0.4, -0.2) is 29.6 Å². The van der Waals surface area contributed by atoms with E-state index in [-0.39, 0.29) is 24.4 Å². The standard InChI is InChI=1S/C19H25N3O2S.ClH/c1-12-4-6-15(7-5-12)17-21-13(2)16(25-17)14(3)22-18(23)19(20)8-10-24-11-9-19;/h4-7,14H,8-11,20H2,1-3H3,(H,22,23);1H. The van der Waals surface area contributed by atoms with Crippen molar-refractivity contribution in [3.63, 3.8) is 0 Å². The molecule has 0 radical (unpaired) electrons. The molecule has 1 saturated heterocycles. The summed E-state index contributed by atoms with van der Waals surface area (Å²) in [5.74, 6) is -0.104. The van der Waals surface area contributed by atoms with Gasteiger partial charge in [0.05, 0.1) is 22.2 Å². The van der Waals surface area contributed by atoms with E-state index in [1.807, 2.05) is 13.8 Å². The van der Waals surface area contributed by atoms with Crippen LogP contribution in [-0.2, 0) is 9.53 Å². The van der Waals surface area contributed by atoms with Crippen LogP contribution in [0.15, 0.2) is 24.3 Å². The van der Waals surface area contributed by atoms with Crippen molar-refractivity contribution in [2.75, 3.05) is 13.2 Å². The molecule has 3 rings (SSSR count). The van der Waals surface area contributed by atoms with Crippen LogP contribution in [0, 0.1) is 13.8 Å². The number of benzene rings is 1. The quantitative estimate of drug-likeness (QED) is 0.830. The van der Waals surface area contributed by atoms with Gasteiger partial charge in [-0.2, -0.15) is 0 Å². The van der Waals surface area contributed by atoms with Gasteiger partial charge in [-0.05, 0) is 33.6 Å². The van der Waals surface area contributed by atoms with Crippen LogP contribution < -0.4 is 11.1 Å². The predicted octanol–water partition coefficient (Wildman–Crippen LogP) is 3.53. The summed E-state index contributed by atoms with van der Waals surface area (Å²) in [6.45, 7) is 7.11. The summed E-state index contributed by atoms with van der Waals surface area (Å²) in [6.07, 6.45) is 1.11. The van der Waals surface area contributed by atoms with Crippen molar-refractivity contribution >= 4 is 29.7 Å². The van der Waals surface area contributed by atoms with Crippen LogP contribution in [0.4, 0.5) is 0 Å². The fourth-order valence-electron chi connectivity index (χ4n) is 3.00. The number of hydrogen-bond acceptors (Lipinski definition) is 5. The van der Waals surface area contributed by atoms with Gasteiger partial charge in [-0.3, -0.25) is 4.79 Å². The number of nitrogens with one attached hydrogen (secondary N) is 1. The molecule has 1 aliphatic heterocycles. The maximum absolute atomic E-state index is 12.6. The molecule has 1 unspecified atom stereocenters. The van der Waals surface area contributed by atoms with Crippen LogP contribution in [0.25, 0.3) is 10.6 Å². The minimum atomic E-state index is -0.828. The molecule has 0 bridgehead atoms. The van der Waals surface area contributed by atoms with Crippen molar-refractivity contribution < 1.29 is 9.53 Å². The second-order valence-electron chi connectivity index (χ2n) is 6.80. The van der Waals surface area contributed by atoms with Crippen LogP contribution in [0.1, 0.15) is 41.9 Å². The Kier molecular flexibility index (Phi) is 6.80. The monoisotopic (exact) mass is 395 g/mol. The van der Waals surface area contributed by atoms with E-state index in [9.17, 15) is 4.79 Å². The Bertz CT molecular complexity index is 755. The average molecular weight is 396 g/mol. The van der Waals surface area contributed by atoms with Gasteiger partial charge in [0, 0.05) is 18.8 Å². The molecule has 1 aromatic heterocycles. The van der Waals surface area contributed by atoms with Gasteiger partial charge < -0.3 is 15.8 Å². The van der Waals surface area contributed by atoms with Gasteiger partial charge in [0.25, 0.3) is 0 Å². The highest BCUT2D eigenvalue weighted by Gasteiger charge is 2.36. The third kappa shape index (κ3) is 4.43. The van der Waals surface area contributed by atoms with E-state index in [1.54, 1.807) is 11.3 Å². The number of aromatic nitrogens is 1. The summed E-state index contributed by atoms with van der Waals surface area (Å²) < 4.78 is 5.32. The van der Waals surface area contributed by atoms with Crippen molar-refractivity contribution in [2.24, 2.45) is 5.73 Å². The zero-order valence-electron chi connectivity index (χ0n) is 15.4. The number of hydrogen-bond donors (Lipinski definition) is 2. The Labute approximate surface area is 164 Å². The second-order valence-corrected chi connectivity index (χ2v) is 7.83. The molecule has 0 aliphatic carbocycles. The first-order chi connectivity index (χ1) is 11.9. The van der Waals surface area contributed by atoms with Crippen molar-refractivity contribution in [1.82, 2.24) is 10.3 Å². The molecule has 0 saturated carbocycles. The van der Waals surface area contributed by atoms with Crippen LogP contribution in [0.3, 0.4) is 0 Å². The fourth-order valence-corrected chi connectivity index (χ4v) is 4.07. The number of rotatable bonds is 4. The molecule has 1 fully saturated rings. The molecule has 1 aliphatic rings. The first kappa shape index (κ1) is 20.8. The van der Waals surface area contributed by atoms with E-state index in [1.165, 1.54) is 5.56 Å². The molecule has 1 amide bonds. The van der Waals surface area contributed by atoms with Gasteiger partial charge in [-0.25, -0.2) is 4.98 Å². The van der Waals surface area contributed by atoms with E-state index in [4.69, 9.17) is 10.5 Å². The Morgan fingerprint density at radius 1 is 1.27 bits per heavy atom. The molecule has 0 spiro atoms. The zero-order valence-corrected chi connectivity index (χ0v) is 17.0. The van der Waals surface area contributed by atoms with Gasteiger partial charge in [-0.15, -0.1) is 23.7 Å². The van der Waals surface area contributed by atoms with Gasteiger partial charge in [-0.1, -0.05) is 29.8 Å². The summed E-state index contributed by atoms with van der Waals surface area (Å²) in [5.41, 5.74) is 8.72. The molecular weight excluding hydrogens is 370 g/mol. The SMILES string of the molecule is Cc1ccc(-c2nc(C)c(C(C)NC(=O)C3(N)CCOCC3)s2)cc1.Cl. The van der Waals surface area contributed by atoms with Gasteiger partial charge in [0.15, 0.2) is 0 Å². The topological polar surface area (TPSA) is 77.2 Å². The molecule has 142 valence electrons. The summed E-state index contributed by atoms with van der Waals surface area (Å²) in [6, 6.07) is 8.21. The maximum Gasteiger partial charge on any atom is 0.240 e. The van der Waals surface area contributed by atoms with Gasteiger partial charge in [0.1, 0.15) is 5.01 Å². The first-order valence-corrected chi connectivity index (χ1v) is 9.43. The Balaban J connectivity index is 0.00000243. The fraction of sp³-hybridized carbons (Fsp3) is 0.474. The molecule has 5 nitrogen and oxygen atoms in total. The molecule has 1 atom stereocenters. The molecule has 2 aromatic rings. The Morgan fingerprint density at radius 2 is 1.88 bits per heavy atom. The number of thiazole rings is 1. The predicted molar refractivity (Wildman–Crippen MR) is 108 cm³/mol. The number of nitrogens with zero attached hydrogens (tertiary/aromatic N) is 1. The molecule has 26 heavy (non-hydrogen) atoms. The molecular formula is C19H26ClN3O2S. The first-order valence-electron chi connectivity index (χ1n) is 8.61. The Hall–Kier alpha value is -1.47. The summed E-state index contributed by atoms with van der Waals surface area (Å²) in [5, 5.41) is 4.05. The third-order valence-electron chi connectivity index (χ3n) is 4.71. The molecule has 3 N–H and O–H groups in total. The minimum absolute atomic E-state index is 0. The summed E-state index contributed by atoms with van der Waals surface area (Å²) >= 11 is 1.62. The number of halogens is 1. The van der Waals surface area contributed by atoms with E-state index in [0.717, 1.165) is 21.1 Å². The highest BCUT2D eigenvalue weighted by Crippen LogP contribution is 2.32. The summed E-state index contributed by atoms with van der Waals surface area (Å²) in [7, 11) is 0. The van der Waals surface area contributed by atoms with Crippen molar-refractivity contribution in [2.45, 2.75) is 45.2 Å². The van der Waals surface area contributed by atoms with Gasteiger partial charge >= 0.3 is 0 Å². The lowest BCUT2D eigenvalue weighted by Gasteiger charge is -2.32. The van der Waals surface area contributed by atoms with Crippen molar-refractivity contribution in [1.29, 1.82) is 0 Å². The largest absolute Gasteiger partial charge is 0.381 e. The number of nitrogens with two attached hydrogens (primary N) is 1. The maximum atomic E-state index is 12.6. The van der Waals surface area contributed by atoms with Crippen molar-refractivity contribution in [3.05, 3.63) is 40.4 Å². The number of carbonyl (C=O) groups excluding carboxylic acids is 1. The lowest BCUT2D eigenvalue weighted by molar-refractivity contribution is -0.130. The average Bonchev–Trinajstić information content (AvgIpc) is 2.98. The van der Waals surface area contributed by atoms with E-state index in [0.29, 0.717) is 26.1 Å². The lowest BCUT2D eigenvalue weighted by atomic mass is 9.90. The zero-order chi connectivity index (χ0) is 18.0. The molecule has 7 heteroatoms. The highest BCUT2D eigenvalue weighted by atomic mass is 35.5. The third-order valence-corrected chi connectivity index (χ3v) is 6.10.